The molecule has 0 spiro atoms. The monoisotopic (exact) mass is 354 g/mol. The van der Waals surface area contributed by atoms with E-state index in [0.29, 0.717) is 18.7 Å². The van der Waals surface area contributed by atoms with Gasteiger partial charge in [0.05, 0.1) is 5.69 Å². The van der Waals surface area contributed by atoms with E-state index in [-0.39, 0.29) is 5.82 Å². The number of rotatable bonds is 6. The Morgan fingerprint density at radius 3 is 2.81 bits per heavy atom. The van der Waals surface area contributed by atoms with Crippen molar-refractivity contribution < 1.29 is 9.13 Å². The van der Waals surface area contributed by atoms with Crippen LogP contribution in [0.1, 0.15) is 49.1 Å². The van der Waals surface area contributed by atoms with E-state index in [0.717, 1.165) is 36.4 Å². The molecular formula is C22H27FN2O. The molecule has 0 radical (unpaired) electrons. The van der Waals surface area contributed by atoms with Crippen molar-refractivity contribution in [1.82, 2.24) is 5.32 Å². The summed E-state index contributed by atoms with van der Waals surface area (Å²) in [6.45, 7) is 1.59. The van der Waals surface area contributed by atoms with Crippen LogP contribution in [0.15, 0.2) is 42.5 Å². The highest BCUT2D eigenvalue weighted by atomic mass is 19.1. The van der Waals surface area contributed by atoms with Crippen LogP contribution in [0, 0.1) is 5.82 Å². The van der Waals surface area contributed by atoms with E-state index in [1.807, 2.05) is 6.07 Å². The normalized spacial score (nSPS) is 21.7. The molecule has 4 heteroatoms. The predicted molar refractivity (Wildman–Crippen MR) is 103 cm³/mol. The molecule has 0 saturated heterocycles. The Balaban J connectivity index is 1.19. The Kier molecular flexibility index (Phi) is 5.40. The van der Waals surface area contributed by atoms with Crippen LogP contribution < -0.4 is 15.4 Å². The minimum absolute atomic E-state index is 0.137. The third-order valence-electron chi connectivity index (χ3n) is 5.66. The lowest BCUT2D eigenvalue weighted by molar-refractivity contribution is 0.340. The summed E-state index contributed by atoms with van der Waals surface area (Å²) >= 11 is 0. The van der Waals surface area contributed by atoms with Crippen molar-refractivity contribution in [1.29, 1.82) is 0 Å². The van der Waals surface area contributed by atoms with Crippen LogP contribution in [-0.4, -0.2) is 19.3 Å². The van der Waals surface area contributed by atoms with Gasteiger partial charge in [0, 0.05) is 6.04 Å². The Bertz CT molecular complexity index is 741. The maximum atomic E-state index is 13.2. The van der Waals surface area contributed by atoms with E-state index in [1.54, 1.807) is 12.1 Å². The average Bonchev–Trinajstić information content (AvgIpc) is 3.14. The SMILES string of the molecule is Fc1cccc(CCCNC2CCC(c3ccc4c(c3)OCN4)CC2)c1. The molecule has 0 bridgehead atoms. The van der Waals surface area contributed by atoms with Gasteiger partial charge >= 0.3 is 0 Å². The maximum absolute atomic E-state index is 13.2. The molecule has 1 aliphatic carbocycles. The van der Waals surface area contributed by atoms with E-state index < -0.39 is 0 Å². The topological polar surface area (TPSA) is 33.3 Å². The van der Waals surface area contributed by atoms with Crippen molar-refractivity contribution in [3.05, 3.63) is 59.4 Å². The zero-order valence-corrected chi connectivity index (χ0v) is 15.1. The van der Waals surface area contributed by atoms with Crippen molar-refractivity contribution in [2.75, 3.05) is 18.6 Å². The molecule has 2 N–H and O–H groups in total. The van der Waals surface area contributed by atoms with Crippen molar-refractivity contribution in [3.8, 4) is 5.75 Å². The summed E-state index contributed by atoms with van der Waals surface area (Å²) in [4.78, 5) is 0. The van der Waals surface area contributed by atoms with Crippen LogP contribution in [0.2, 0.25) is 0 Å². The fourth-order valence-corrected chi connectivity index (χ4v) is 4.17. The number of hydrogen-bond donors (Lipinski definition) is 2. The van der Waals surface area contributed by atoms with Gasteiger partial charge in [0.15, 0.2) is 6.73 Å². The molecule has 0 atom stereocenters. The van der Waals surface area contributed by atoms with E-state index in [1.165, 1.54) is 37.3 Å². The van der Waals surface area contributed by atoms with Gasteiger partial charge < -0.3 is 15.4 Å². The van der Waals surface area contributed by atoms with Gasteiger partial charge in [-0.25, -0.2) is 4.39 Å². The average molecular weight is 354 g/mol. The first-order chi connectivity index (χ1) is 12.8. The van der Waals surface area contributed by atoms with E-state index in [9.17, 15) is 4.39 Å². The highest BCUT2D eigenvalue weighted by Gasteiger charge is 2.23. The van der Waals surface area contributed by atoms with Crippen molar-refractivity contribution in [2.24, 2.45) is 0 Å². The van der Waals surface area contributed by atoms with E-state index >= 15 is 0 Å². The van der Waals surface area contributed by atoms with Crippen molar-refractivity contribution in [2.45, 2.75) is 50.5 Å². The fraction of sp³-hybridized carbons (Fsp3) is 0.455. The van der Waals surface area contributed by atoms with Gasteiger partial charge in [-0.2, -0.15) is 0 Å². The Hall–Kier alpha value is -2.07. The molecule has 1 aliphatic heterocycles. The molecule has 2 aromatic rings. The van der Waals surface area contributed by atoms with Crippen molar-refractivity contribution >= 4 is 5.69 Å². The van der Waals surface area contributed by atoms with Gasteiger partial charge in [-0.3, -0.25) is 0 Å². The van der Waals surface area contributed by atoms with Gasteiger partial charge in [0.25, 0.3) is 0 Å². The number of anilines is 1. The van der Waals surface area contributed by atoms with Gasteiger partial charge in [-0.05, 0) is 86.4 Å². The highest BCUT2D eigenvalue weighted by Crippen LogP contribution is 2.38. The third-order valence-corrected chi connectivity index (χ3v) is 5.66. The largest absolute Gasteiger partial charge is 0.471 e. The Morgan fingerprint density at radius 2 is 1.96 bits per heavy atom. The van der Waals surface area contributed by atoms with Gasteiger partial charge in [0.2, 0.25) is 0 Å². The summed E-state index contributed by atoms with van der Waals surface area (Å²) in [6.07, 6.45) is 6.89. The molecule has 2 aliphatic rings. The number of benzene rings is 2. The maximum Gasteiger partial charge on any atom is 0.159 e. The zero-order chi connectivity index (χ0) is 17.8. The van der Waals surface area contributed by atoms with Crippen LogP contribution in [-0.2, 0) is 6.42 Å². The fourth-order valence-electron chi connectivity index (χ4n) is 4.17. The molecule has 1 saturated carbocycles. The molecule has 138 valence electrons. The van der Waals surface area contributed by atoms with Crippen LogP contribution >= 0.6 is 0 Å². The highest BCUT2D eigenvalue weighted by molar-refractivity contribution is 5.60. The minimum atomic E-state index is -0.137. The molecule has 0 unspecified atom stereocenters. The van der Waals surface area contributed by atoms with Crippen LogP contribution in [0.3, 0.4) is 0 Å². The first kappa shape index (κ1) is 17.3. The second-order valence-electron chi connectivity index (χ2n) is 7.46. The predicted octanol–water partition coefficient (Wildman–Crippen LogP) is 4.84. The molecular weight excluding hydrogens is 327 g/mol. The summed E-state index contributed by atoms with van der Waals surface area (Å²) in [5.74, 6) is 1.51. The lowest BCUT2D eigenvalue weighted by Crippen LogP contribution is -2.33. The summed E-state index contributed by atoms with van der Waals surface area (Å²) in [7, 11) is 0. The summed E-state index contributed by atoms with van der Waals surface area (Å²) < 4.78 is 18.8. The number of halogens is 1. The summed E-state index contributed by atoms with van der Waals surface area (Å²) in [5.41, 5.74) is 3.61. The zero-order valence-electron chi connectivity index (χ0n) is 15.1. The smallest absolute Gasteiger partial charge is 0.159 e. The second-order valence-corrected chi connectivity index (χ2v) is 7.46. The quantitative estimate of drug-likeness (QED) is 0.729. The number of nitrogens with one attached hydrogen (secondary N) is 2. The van der Waals surface area contributed by atoms with Crippen molar-refractivity contribution in [3.63, 3.8) is 0 Å². The summed E-state index contributed by atoms with van der Waals surface area (Å²) in [6, 6.07) is 14.2. The number of ether oxygens (including phenoxy) is 1. The molecule has 1 fully saturated rings. The van der Waals surface area contributed by atoms with Crippen LogP contribution in [0.25, 0.3) is 0 Å². The number of aryl methyl sites for hydroxylation is 1. The lowest BCUT2D eigenvalue weighted by atomic mass is 9.81. The molecule has 1 heterocycles. The van der Waals surface area contributed by atoms with E-state index in [4.69, 9.17) is 4.74 Å². The minimum Gasteiger partial charge on any atom is -0.471 e. The Morgan fingerprint density at radius 1 is 1.08 bits per heavy atom. The molecule has 0 amide bonds. The first-order valence-electron chi connectivity index (χ1n) is 9.76. The number of hydrogen-bond acceptors (Lipinski definition) is 3. The third kappa shape index (κ3) is 4.18. The summed E-state index contributed by atoms with van der Waals surface area (Å²) in [5, 5.41) is 6.92. The van der Waals surface area contributed by atoms with Gasteiger partial charge in [-0.1, -0.05) is 18.2 Å². The molecule has 4 rings (SSSR count). The standard InChI is InChI=1S/C22H27FN2O/c23-19-5-1-3-16(13-19)4-2-12-24-20-9-6-17(7-10-20)18-8-11-21-22(14-18)26-15-25-21/h1,3,5,8,11,13-14,17,20,24-25H,2,4,6-7,9-10,12,15H2. The molecule has 0 aromatic heterocycles. The van der Waals surface area contributed by atoms with Crippen LogP contribution in [0.4, 0.5) is 10.1 Å². The van der Waals surface area contributed by atoms with Gasteiger partial charge in [-0.15, -0.1) is 0 Å². The lowest BCUT2D eigenvalue weighted by Gasteiger charge is -2.29. The Labute approximate surface area is 155 Å². The van der Waals surface area contributed by atoms with E-state index in [2.05, 4.69) is 28.8 Å². The molecule has 26 heavy (non-hydrogen) atoms. The number of fused-ring (bicyclic) bond motifs is 1. The van der Waals surface area contributed by atoms with Crippen LogP contribution in [0.5, 0.6) is 5.75 Å². The second kappa shape index (κ2) is 8.09. The molecule has 2 aromatic carbocycles. The first-order valence-corrected chi connectivity index (χ1v) is 9.76. The molecule has 3 nitrogen and oxygen atoms in total. The van der Waals surface area contributed by atoms with Gasteiger partial charge in [0.1, 0.15) is 11.6 Å².